The summed E-state index contributed by atoms with van der Waals surface area (Å²) >= 11 is 6.13. The summed E-state index contributed by atoms with van der Waals surface area (Å²) < 4.78 is 10.1. The van der Waals surface area contributed by atoms with E-state index in [-0.39, 0.29) is 12.0 Å². The van der Waals surface area contributed by atoms with Crippen LogP contribution in [-0.4, -0.2) is 61.8 Å². The fraction of sp³-hybridized carbons (Fsp3) is 0.381. The fourth-order valence-corrected chi connectivity index (χ4v) is 3.46. The van der Waals surface area contributed by atoms with Gasteiger partial charge < -0.3 is 24.6 Å². The van der Waals surface area contributed by atoms with E-state index in [9.17, 15) is 9.59 Å². The van der Waals surface area contributed by atoms with Gasteiger partial charge in [0.2, 0.25) is 0 Å². The second kappa shape index (κ2) is 10.2. The van der Waals surface area contributed by atoms with Crippen molar-refractivity contribution < 1.29 is 19.1 Å². The molecule has 0 aliphatic carbocycles. The molecule has 0 spiro atoms. The van der Waals surface area contributed by atoms with Gasteiger partial charge in [0, 0.05) is 38.1 Å². The molecule has 2 aromatic rings. The Hall–Kier alpha value is -3.00. The second-order valence-electron chi connectivity index (χ2n) is 6.73. The molecule has 1 aromatic carbocycles. The van der Waals surface area contributed by atoms with E-state index in [2.05, 4.69) is 15.2 Å². The predicted octanol–water partition coefficient (Wildman–Crippen LogP) is 3.66. The number of nitrogens with zero attached hydrogens (tertiary/aromatic N) is 3. The predicted molar refractivity (Wildman–Crippen MR) is 116 cm³/mol. The number of benzene rings is 1. The van der Waals surface area contributed by atoms with Gasteiger partial charge in [-0.25, -0.2) is 14.6 Å². The molecule has 0 atom stereocenters. The minimum atomic E-state index is -0.381. The maximum absolute atomic E-state index is 12.7. The van der Waals surface area contributed by atoms with Crippen LogP contribution < -0.4 is 15.0 Å². The van der Waals surface area contributed by atoms with Gasteiger partial charge in [0.1, 0.15) is 11.6 Å². The molecule has 1 fully saturated rings. The van der Waals surface area contributed by atoms with Gasteiger partial charge >= 0.3 is 12.0 Å². The van der Waals surface area contributed by atoms with Crippen LogP contribution in [0.1, 0.15) is 23.7 Å². The van der Waals surface area contributed by atoms with Crippen molar-refractivity contribution >= 4 is 35.1 Å². The highest BCUT2D eigenvalue weighted by molar-refractivity contribution is 6.32. The van der Waals surface area contributed by atoms with Crippen molar-refractivity contribution in [3.8, 4) is 5.75 Å². The van der Waals surface area contributed by atoms with Crippen LogP contribution in [0, 0.1) is 0 Å². The van der Waals surface area contributed by atoms with Crippen molar-refractivity contribution in [2.24, 2.45) is 0 Å². The number of carbonyl (C=O) groups excluding carboxylic acids is 2. The Morgan fingerprint density at radius 1 is 1.17 bits per heavy atom. The summed E-state index contributed by atoms with van der Waals surface area (Å²) in [7, 11) is 1.54. The zero-order valence-corrected chi connectivity index (χ0v) is 17.8. The summed E-state index contributed by atoms with van der Waals surface area (Å²) in [6.45, 7) is 4.69. The highest BCUT2D eigenvalue weighted by Crippen LogP contribution is 2.27. The highest BCUT2D eigenvalue weighted by atomic mass is 35.5. The Morgan fingerprint density at radius 2 is 2.00 bits per heavy atom. The number of hydrogen-bond acceptors (Lipinski definition) is 6. The lowest BCUT2D eigenvalue weighted by atomic mass is 10.2. The van der Waals surface area contributed by atoms with Crippen molar-refractivity contribution in [2.45, 2.75) is 13.3 Å². The first kappa shape index (κ1) is 21.7. The summed E-state index contributed by atoms with van der Waals surface area (Å²) in [4.78, 5) is 32.7. The number of urea groups is 1. The van der Waals surface area contributed by atoms with Crippen LogP contribution in [0.3, 0.4) is 0 Å². The van der Waals surface area contributed by atoms with E-state index < -0.39 is 0 Å². The molecule has 30 heavy (non-hydrogen) atoms. The number of aromatic nitrogens is 1. The average Bonchev–Trinajstić information content (AvgIpc) is 3.01. The maximum atomic E-state index is 12.7. The van der Waals surface area contributed by atoms with E-state index in [1.807, 2.05) is 0 Å². The molecule has 3 rings (SSSR count). The van der Waals surface area contributed by atoms with Gasteiger partial charge in [0.15, 0.2) is 0 Å². The maximum Gasteiger partial charge on any atom is 0.339 e. The molecule has 0 saturated carbocycles. The van der Waals surface area contributed by atoms with Crippen LogP contribution in [0.2, 0.25) is 5.02 Å². The molecule has 2 heterocycles. The number of amides is 2. The van der Waals surface area contributed by atoms with E-state index in [4.69, 9.17) is 21.1 Å². The molecule has 1 saturated heterocycles. The minimum absolute atomic E-state index is 0.177. The Labute approximate surface area is 180 Å². The van der Waals surface area contributed by atoms with Crippen LogP contribution in [-0.2, 0) is 4.74 Å². The number of hydrogen-bond donors (Lipinski definition) is 1. The third-order valence-electron chi connectivity index (χ3n) is 4.77. The number of methoxy groups -OCH3 is 1. The molecule has 1 N–H and O–H groups in total. The lowest BCUT2D eigenvalue weighted by Crippen LogP contribution is -2.38. The number of carbonyl (C=O) groups is 2. The number of rotatable bonds is 5. The summed E-state index contributed by atoms with van der Waals surface area (Å²) in [5, 5.41) is 3.32. The van der Waals surface area contributed by atoms with Crippen molar-refractivity contribution in [3.05, 3.63) is 47.1 Å². The molecule has 0 unspecified atom stereocenters. The lowest BCUT2D eigenvalue weighted by molar-refractivity contribution is 0.0526. The Bertz CT molecular complexity index is 891. The number of anilines is 2. The van der Waals surface area contributed by atoms with Crippen LogP contribution in [0.5, 0.6) is 5.75 Å². The Morgan fingerprint density at radius 3 is 2.67 bits per heavy atom. The summed E-state index contributed by atoms with van der Waals surface area (Å²) in [6, 6.07) is 8.47. The van der Waals surface area contributed by atoms with Gasteiger partial charge in [-0.1, -0.05) is 11.6 Å². The number of halogens is 1. The summed E-state index contributed by atoms with van der Waals surface area (Å²) in [5.41, 5.74) is 1.04. The van der Waals surface area contributed by atoms with E-state index in [0.717, 1.165) is 18.8 Å². The first-order valence-electron chi connectivity index (χ1n) is 9.79. The third-order valence-corrected chi connectivity index (χ3v) is 5.06. The van der Waals surface area contributed by atoms with E-state index >= 15 is 0 Å². The lowest BCUT2D eigenvalue weighted by Gasteiger charge is -2.23. The second-order valence-corrected chi connectivity index (χ2v) is 7.14. The molecule has 0 radical (unpaired) electrons. The number of pyridine rings is 1. The van der Waals surface area contributed by atoms with Crippen molar-refractivity contribution in [1.29, 1.82) is 0 Å². The largest absolute Gasteiger partial charge is 0.495 e. The van der Waals surface area contributed by atoms with Crippen molar-refractivity contribution in [3.63, 3.8) is 0 Å². The van der Waals surface area contributed by atoms with Gasteiger partial charge in [-0.2, -0.15) is 0 Å². The fourth-order valence-electron chi connectivity index (χ4n) is 3.20. The van der Waals surface area contributed by atoms with E-state index in [0.29, 0.717) is 48.3 Å². The molecule has 0 bridgehead atoms. The zero-order valence-electron chi connectivity index (χ0n) is 17.1. The van der Waals surface area contributed by atoms with E-state index in [1.54, 1.807) is 49.3 Å². The average molecular weight is 433 g/mol. The number of nitrogens with one attached hydrogen (secondary N) is 1. The van der Waals surface area contributed by atoms with Crippen molar-refractivity contribution in [2.75, 3.05) is 50.1 Å². The molecule has 2 amide bonds. The summed E-state index contributed by atoms with van der Waals surface area (Å²) in [5.74, 6) is 0.947. The van der Waals surface area contributed by atoms with Gasteiger partial charge in [0.05, 0.1) is 24.3 Å². The molecule has 1 aliphatic rings. The molecule has 8 nitrogen and oxygen atoms in total. The monoisotopic (exact) mass is 432 g/mol. The molecule has 1 aliphatic heterocycles. The van der Waals surface area contributed by atoms with Gasteiger partial charge in [0.25, 0.3) is 0 Å². The molecule has 9 heteroatoms. The van der Waals surface area contributed by atoms with Crippen molar-refractivity contribution in [1.82, 2.24) is 9.88 Å². The van der Waals surface area contributed by atoms with E-state index in [1.165, 1.54) is 6.20 Å². The molecule has 1 aromatic heterocycles. The minimum Gasteiger partial charge on any atom is -0.495 e. The molecular weight excluding hydrogens is 408 g/mol. The first-order valence-corrected chi connectivity index (χ1v) is 10.2. The number of ether oxygens (including phenoxy) is 2. The van der Waals surface area contributed by atoms with Crippen LogP contribution in [0.25, 0.3) is 0 Å². The molecule has 160 valence electrons. The topological polar surface area (TPSA) is 84.0 Å². The van der Waals surface area contributed by atoms with Crippen LogP contribution in [0.15, 0.2) is 36.5 Å². The SMILES string of the molecule is CCOC(=O)c1ccc(N2CCCN(C(=O)Nc3ccc(OC)c(Cl)c3)CC2)nc1. The van der Waals surface area contributed by atoms with Gasteiger partial charge in [-0.05, 0) is 43.7 Å². The molecular formula is C21H25ClN4O4. The third kappa shape index (κ3) is 5.33. The van der Waals surface area contributed by atoms with Gasteiger partial charge in [-0.3, -0.25) is 0 Å². The van der Waals surface area contributed by atoms with Gasteiger partial charge in [-0.15, -0.1) is 0 Å². The first-order chi connectivity index (χ1) is 14.5. The highest BCUT2D eigenvalue weighted by Gasteiger charge is 2.20. The standard InChI is InChI=1S/C21H25ClN4O4/c1-3-30-20(27)15-5-8-19(23-14-15)25-9-4-10-26(12-11-25)21(28)24-16-6-7-18(29-2)17(22)13-16/h5-8,13-14H,3-4,9-12H2,1-2H3,(H,24,28). The Kier molecular flexibility index (Phi) is 7.35. The normalized spacial score (nSPS) is 14.1. The zero-order chi connectivity index (χ0) is 21.5. The Balaban J connectivity index is 1.58. The smallest absolute Gasteiger partial charge is 0.339 e. The van der Waals surface area contributed by atoms with Crippen LogP contribution >= 0.6 is 11.6 Å². The van der Waals surface area contributed by atoms with Crippen LogP contribution in [0.4, 0.5) is 16.3 Å². The summed E-state index contributed by atoms with van der Waals surface area (Å²) in [6.07, 6.45) is 2.33. The number of esters is 1. The quantitative estimate of drug-likeness (QED) is 0.726.